The molecule has 0 aromatic heterocycles. The van der Waals surface area contributed by atoms with Crippen molar-refractivity contribution in [2.45, 2.75) is 24.3 Å². The van der Waals surface area contributed by atoms with Crippen LogP contribution in [0.25, 0.3) is 0 Å². The van der Waals surface area contributed by atoms with E-state index in [0.29, 0.717) is 23.5 Å². The molecular formula is C18H29ClN4O3S. The first kappa shape index (κ1) is 22.1. The Bertz CT molecular complexity index is 730. The van der Waals surface area contributed by atoms with E-state index < -0.39 is 10.0 Å². The average Bonchev–Trinajstić information content (AvgIpc) is 2.67. The Kier molecular flexibility index (Phi) is 8.05. The van der Waals surface area contributed by atoms with Gasteiger partial charge in [-0.3, -0.25) is 4.79 Å². The van der Waals surface area contributed by atoms with Crippen molar-refractivity contribution in [2.24, 2.45) is 5.92 Å². The van der Waals surface area contributed by atoms with Crippen LogP contribution < -0.4 is 10.6 Å². The van der Waals surface area contributed by atoms with Crippen LogP contribution in [0.5, 0.6) is 0 Å². The summed E-state index contributed by atoms with van der Waals surface area (Å²) in [5, 5.41) is 6.18. The molecule has 0 aliphatic carbocycles. The number of nitrogens with one attached hydrogen (secondary N) is 2. The highest BCUT2D eigenvalue weighted by Gasteiger charge is 2.29. The van der Waals surface area contributed by atoms with E-state index >= 15 is 0 Å². The van der Waals surface area contributed by atoms with Gasteiger partial charge < -0.3 is 15.5 Å². The molecule has 2 aliphatic rings. The SMILES string of the molecule is CN1CCN(S(=O)(=O)c2ccccc2CNC(=O)C2CCNCC2)CC1.Cl. The number of hydrogen-bond acceptors (Lipinski definition) is 5. The fraction of sp³-hybridized carbons (Fsp3) is 0.611. The van der Waals surface area contributed by atoms with E-state index in [-0.39, 0.29) is 30.8 Å². The lowest BCUT2D eigenvalue weighted by molar-refractivity contribution is -0.125. The molecule has 2 saturated heterocycles. The monoisotopic (exact) mass is 416 g/mol. The maximum absolute atomic E-state index is 13.0. The maximum atomic E-state index is 13.0. The van der Waals surface area contributed by atoms with E-state index in [1.165, 1.54) is 0 Å². The van der Waals surface area contributed by atoms with Gasteiger partial charge in [-0.15, -0.1) is 12.4 Å². The van der Waals surface area contributed by atoms with E-state index in [0.717, 1.165) is 39.0 Å². The third-order valence-electron chi connectivity index (χ3n) is 5.22. The number of hydrogen-bond donors (Lipinski definition) is 2. The number of halogens is 1. The summed E-state index contributed by atoms with van der Waals surface area (Å²) in [5.41, 5.74) is 0.647. The lowest BCUT2D eigenvalue weighted by atomic mass is 9.97. The van der Waals surface area contributed by atoms with Gasteiger partial charge >= 0.3 is 0 Å². The first-order valence-corrected chi connectivity index (χ1v) is 10.7. The van der Waals surface area contributed by atoms with Crippen molar-refractivity contribution in [1.82, 2.24) is 19.8 Å². The summed E-state index contributed by atoms with van der Waals surface area (Å²) in [5.74, 6) is 0.0240. The smallest absolute Gasteiger partial charge is 0.243 e. The lowest BCUT2D eigenvalue weighted by Crippen LogP contribution is -2.47. The fourth-order valence-electron chi connectivity index (χ4n) is 3.48. The molecule has 0 saturated carbocycles. The number of sulfonamides is 1. The number of piperazine rings is 1. The average molecular weight is 417 g/mol. The molecule has 0 radical (unpaired) electrons. The van der Waals surface area contributed by atoms with Crippen LogP contribution in [-0.4, -0.2) is 69.8 Å². The molecule has 0 unspecified atom stereocenters. The summed E-state index contributed by atoms with van der Waals surface area (Å²) in [6.45, 7) is 4.40. The molecule has 0 bridgehead atoms. The van der Waals surface area contributed by atoms with E-state index in [2.05, 4.69) is 15.5 Å². The summed E-state index contributed by atoms with van der Waals surface area (Å²) in [6, 6.07) is 6.97. The highest BCUT2D eigenvalue weighted by molar-refractivity contribution is 7.89. The van der Waals surface area contributed by atoms with Gasteiger partial charge in [0, 0.05) is 38.6 Å². The van der Waals surface area contributed by atoms with Crippen LogP contribution in [0.1, 0.15) is 18.4 Å². The molecule has 1 aromatic rings. The predicted molar refractivity (Wildman–Crippen MR) is 107 cm³/mol. The number of amides is 1. The van der Waals surface area contributed by atoms with Gasteiger partial charge in [-0.25, -0.2) is 8.42 Å². The van der Waals surface area contributed by atoms with Crippen molar-refractivity contribution in [3.63, 3.8) is 0 Å². The van der Waals surface area contributed by atoms with Crippen LogP contribution >= 0.6 is 12.4 Å². The molecule has 1 aromatic carbocycles. The molecule has 3 rings (SSSR count). The van der Waals surface area contributed by atoms with Gasteiger partial charge in [0.2, 0.25) is 15.9 Å². The van der Waals surface area contributed by atoms with Gasteiger partial charge in [-0.1, -0.05) is 18.2 Å². The van der Waals surface area contributed by atoms with Crippen LogP contribution in [-0.2, 0) is 21.4 Å². The summed E-state index contributed by atoms with van der Waals surface area (Å²) >= 11 is 0. The molecule has 0 spiro atoms. The van der Waals surface area contributed by atoms with Gasteiger partial charge in [0.25, 0.3) is 0 Å². The third kappa shape index (κ3) is 5.42. The topological polar surface area (TPSA) is 81.8 Å². The van der Waals surface area contributed by atoms with E-state index in [9.17, 15) is 13.2 Å². The second kappa shape index (κ2) is 9.84. The number of carbonyl (C=O) groups is 1. The predicted octanol–water partition coefficient (Wildman–Crippen LogP) is 0.660. The van der Waals surface area contributed by atoms with Crippen molar-refractivity contribution in [3.05, 3.63) is 29.8 Å². The Labute approximate surface area is 167 Å². The van der Waals surface area contributed by atoms with Crippen LogP contribution in [0.2, 0.25) is 0 Å². The summed E-state index contributed by atoms with van der Waals surface area (Å²) < 4.78 is 27.6. The molecule has 0 atom stereocenters. The van der Waals surface area contributed by atoms with E-state index in [1.807, 2.05) is 13.1 Å². The van der Waals surface area contributed by atoms with Gasteiger partial charge in [0.15, 0.2) is 0 Å². The van der Waals surface area contributed by atoms with Crippen LogP contribution in [0.3, 0.4) is 0 Å². The van der Waals surface area contributed by atoms with Gasteiger partial charge in [0.05, 0.1) is 4.90 Å². The van der Waals surface area contributed by atoms with Crippen molar-refractivity contribution < 1.29 is 13.2 Å². The highest BCUT2D eigenvalue weighted by Crippen LogP contribution is 2.22. The summed E-state index contributed by atoms with van der Waals surface area (Å²) in [4.78, 5) is 14.8. The molecule has 27 heavy (non-hydrogen) atoms. The van der Waals surface area contributed by atoms with Gasteiger partial charge in [-0.2, -0.15) is 4.31 Å². The van der Waals surface area contributed by atoms with Crippen LogP contribution in [0.15, 0.2) is 29.2 Å². The molecule has 152 valence electrons. The number of benzene rings is 1. The van der Waals surface area contributed by atoms with Crippen molar-refractivity contribution in [3.8, 4) is 0 Å². The Morgan fingerprint density at radius 2 is 1.78 bits per heavy atom. The first-order valence-electron chi connectivity index (χ1n) is 9.23. The van der Waals surface area contributed by atoms with Gasteiger partial charge in [-0.05, 0) is 44.6 Å². The first-order chi connectivity index (χ1) is 12.5. The number of likely N-dealkylation sites (N-methyl/N-ethyl adjacent to an activating group) is 1. The zero-order chi connectivity index (χ0) is 18.6. The fourth-order valence-corrected chi connectivity index (χ4v) is 5.12. The Hall–Kier alpha value is -1.19. The minimum absolute atomic E-state index is 0. The van der Waals surface area contributed by atoms with Crippen molar-refractivity contribution in [2.75, 3.05) is 46.3 Å². The standard InChI is InChI=1S/C18H28N4O3S.ClH/c1-21-10-12-22(13-11-21)26(24,25)17-5-3-2-4-16(17)14-20-18(23)15-6-8-19-9-7-15;/h2-5,15,19H,6-14H2,1H3,(H,20,23);1H. The van der Waals surface area contributed by atoms with Crippen LogP contribution in [0.4, 0.5) is 0 Å². The number of nitrogens with zero attached hydrogens (tertiary/aromatic N) is 2. The quantitative estimate of drug-likeness (QED) is 0.737. The third-order valence-corrected chi connectivity index (χ3v) is 7.21. The van der Waals surface area contributed by atoms with Crippen LogP contribution in [0, 0.1) is 5.92 Å². The maximum Gasteiger partial charge on any atom is 0.243 e. The molecule has 2 N–H and O–H groups in total. The normalized spacial score (nSPS) is 20.0. The Morgan fingerprint density at radius 3 is 2.44 bits per heavy atom. The summed E-state index contributed by atoms with van der Waals surface area (Å²) in [7, 11) is -1.55. The number of rotatable bonds is 5. The Morgan fingerprint density at radius 1 is 1.15 bits per heavy atom. The molecule has 1 amide bonds. The number of piperidine rings is 1. The molecule has 2 fully saturated rings. The Balaban J connectivity index is 0.00000261. The summed E-state index contributed by atoms with van der Waals surface area (Å²) in [6.07, 6.45) is 1.65. The molecule has 7 nitrogen and oxygen atoms in total. The van der Waals surface area contributed by atoms with E-state index in [4.69, 9.17) is 0 Å². The van der Waals surface area contributed by atoms with Gasteiger partial charge in [0.1, 0.15) is 0 Å². The van der Waals surface area contributed by atoms with Crippen molar-refractivity contribution >= 4 is 28.3 Å². The number of carbonyl (C=O) groups excluding carboxylic acids is 1. The van der Waals surface area contributed by atoms with Crippen molar-refractivity contribution in [1.29, 1.82) is 0 Å². The second-order valence-corrected chi connectivity index (χ2v) is 8.96. The highest BCUT2D eigenvalue weighted by atomic mass is 35.5. The minimum Gasteiger partial charge on any atom is -0.352 e. The molecule has 2 aliphatic heterocycles. The van der Waals surface area contributed by atoms with E-state index in [1.54, 1.807) is 22.5 Å². The molecular weight excluding hydrogens is 388 g/mol. The second-order valence-electron chi connectivity index (χ2n) is 7.06. The minimum atomic E-state index is -3.54. The zero-order valence-corrected chi connectivity index (χ0v) is 17.3. The largest absolute Gasteiger partial charge is 0.352 e. The molecule has 9 heteroatoms. The zero-order valence-electron chi connectivity index (χ0n) is 15.7. The lowest BCUT2D eigenvalue weighted by Gasteiger charge is -2.32. The molecule has 2 heterocycles.